The number of Topliss-reactive ketones (excluding diaryl/α,β-unsaturated/α-hetero) is 2. The van der Waals surface area contributed by atoms with Crippen molar-refractivity contribution in [2.24, 2.45) is 11.8 Å². The van der Waals surface area contributed by atoms with Crippen LogP contribution in [0.5, 0.6) is 0 Å². The van der Waals surface area contributed by atoms with Crippen LogP contribution in [0.2, 0.25) is 0 Å². The van der Waals surface area contributed by atoms with Crippen molar-refractivity contribution in [3.05, 3.63) is 23.8 Å². The number of ketones is 2. The van der Waals surface area contributed by atoms with Gasteiger partial charge in [0.05, 0.1) is 5.92 Å². The first-order valence-electron chi connectivity index (χ1n) is 4.64. The minimum absolute atomic E-state index is 0.147. The Balaban J connectivity index is 2.39. The van der Waals surface area contributed by atoms with Crippen LogP contribution in [-0.4, -0.2) is 11.6 Å². The first-order chi connectivity index (χ1) is 6.20. The second kappa shape index (κ2) is 2.95. The van der Waals surface area contributed by atoms with E-state index < -0.39 is 0 Å². The lowest BCUT2D eigenvalue weighted by atomic mass is 9.73. The van der Waals surface area contributed by atoms with Crippen molar-refractivity contribution in [2.75, 3.05) is 0 Å². The predicted octanol–water partition coefficient (Wildman–Crippen LogP) is 1.67. The summed E-state index contributed by atoms with van der Waals surface area (Å²) in [4.78, 5) is 23.0. The molecule has 2 nitrogen and oxygen atoms in total. The molecule has 1 fully saturated rings. The average Bonchev–Trinajstić information content (AvgIpc) is 2.12. The van der Waals surface area contributed by atoms with E-state index in [4.69, 9.17) is 0 Å². The van der Waals surface area contributed by atoms with Gasteiger partial charge in [-0.15, -0.1) is 0 Å². The van der Waals surface area contributed by atoms with E-state index in [1.54, 1.807) is 6.08 Å². The van der Waals surface area contributed by atoms with Gasteiger partial charge in [0.25, 0.3) is 0 Å². The largest absolute Gasteiger partial charge is 0.299 e. The van der Waals surface area contributed by atoms with E-state index in [9.17, 15) is 9.59 Å². The summed E-state index contributed by atoms with van der Waals surface area (Å²) in [6.07, 6.45) is 6.50. The van der Waals surface area contributed by atoms with Crippen LogP contribution in [0.4, 0.5) is 0 Å². The molecule has 2 aliphatic rings. The van der Waals surface area contributed by atoms with Crippen LogP contribution in [0.25, 0.3) is 0 Å². The lowest BCUT2D eigenvalue weighted by molar-refractivity contribution is -0.129. The third-order valence-corrected chi connectivity index (χ3v) is 2.82. The van der Waals surface area contributed by atoms with Crippen LogP contribution in [0.3, 0.4) is 0 Å². The van der Waals surface area contributed by atoms with Crippen LogP contribution in [0, 0.1) is 11.8 Å². The minimum atomic E-state index is -0.147. The standard InChI is InChI=1S/C11H12O2/c1-7-3-2-4-8-9(12)5-6-10(13)11(7)8/h2-4,7,11H,5-6H2,1H3. The van der Waals surface area contributed by atoms with Gasteiger partial charge in [0.15, 0.2) is 5.78 Å². The van der Waals surface area contributed by atoms with E-state index in [1.165, 1.54) is 0 Å². The summed E-state index contributed by atoms with van der Waals surface area (Å²) in [5.41, 5.74) is 0.728. The second-order valence-corrected chi connectivity index (χ2v) is 3.73. The maximum atomic E-state index is 11.6. The molecular formula is C11H12O2. The van der Waals surface area contributed by atoms with Gasteiger partial charge < -0.3 is 0 Å². The number of carbonyl (C=O) groups is 2. The molecule has 1 saturated carbocycles. The molecule has 68 valence electrons. The molecule has 0 aromatic carbocycles. The van der Waals surface area contributed by atoms with Gasteiger partial charge >= 0.3 is 0 Å². The molecule has 2 heteroatoms. The van der Waals surface area contributed by atoms with Gasteiger partial charge in [-0.2, -0.15) is 0 Å². The maximum absolute atomic E-state index is 11.6. The van der Waals surface area contributed by atoms with Gasteiger partial charge in [-0.3, -0.25) is 9.59 Å². The third-order valence-electron chi connectivity index (χ3n) is 2.82. The monoisotopic (exact) mass is 176 g/mol. The predicted molar refractivity (Wildman–Crippen MR) is 49.1 cm³/mol. The quantitative estimate of drug-likeness (QED) is 0.562. The van der Waals surface area contributed by atoms with Gasteiger partial charge in [-0.25, -0.2) is 0 Å². The number of hydrogen-bond donors (Lipinski definition) is 0. The normalized spacial score (nSPS) is 32.8. The molecule has 2 rings (SSSR count). The number of fused-ring (bicyclic) bond motifs is 1. The molecule has 0 radical (unpaired) electrons. The third kappa shape index (κ3) is 1.26. The van der Waals surface area contributed by atoms with Crippen LogP contribution in [0.1, 0.15) is 19.8 Å². The van der Waals surface area contributed by atoms with Crippen molar-refractivity contribution in [3.63, 3.8) is 0 Å². The summed E-state index contributed by atoms with van der Waals surface area (Å²) in [6.45, 7) is 1.99. The smallest absolute Gasteiger partial charge is 0.160 e. The fourth-order valence-corrected chi connectivity index (χ4v) is 2.10. The molecule has 2 aliphatic carbocycles. The molecule has 2 atom stereocenters. The lowest BCUT2D eigenvalue weighted by Crippen LogP contribution is -2.33. The minimum Gasteiger partial charge on any atom is -0.299 e. The maximum Gasteiger partial charge on any atom is 0.160 e. The summed E-state index contributed by atoms with van der Waals surface area (Å²) in [5, 5.41) is 0. The highest BCUT2D eigenvalue weighted by Gasteiger charge is 2.35. The first-order valence-corrected chi connectivity index (χ1v) is 4.64. The Morgan fingerprint density at radius 2 is 2.08 bits per heavy atom. The fraction of sp³-hybridized carbons (Fsp3) is 0.455. The van der Waals surface area contributed by atoms with E-state index >= 15 is 0 Å². The summed E-state index contributed by atoms with van der Waals surface area (Å²) >= 11 is 0. The molecule has 0 N–H and O–H groups in total. The summed E-state index contributed by atoms with van der Waals surface area (Å²) in [6, 6.07) is 0. The van der Waals surface area contributed by atoms with E-state index in [1.807, 2.05) is 19.1 Å². The lowest BCUT2D eigenvalue weighted by Gasteiger charge is -2.28. The van der Waals surface area contributed by atoms with Gasteiger partial charge in [-0.1, -0.05) is 25.2 Å². The number of hydrogen-bond acceptors (Lipinski definition) is 2. The molecule has 0 spiro atoms. The molecule has 0 aromatic heterocycles. The molecule has 0 bridgehead atoms. The first kappa shape index (κ1) is 8.42. The molecule has 2 unspecified atom stereocenters. The highest BCUT2D eigenvalue weighted by Crippen LogP contribution is 2.33. The molecule has 0 aliphatic heterocycles. The highest BCUT2D eigenvalue weighted by molar-refractivity contribution is 6.07. The molecular weight excluding hydrogens is 164 g/mol. The summed E-state index contributed by atoms with van der Waals surface area (Å²) in [7, 11) is 0. The van der Waals surface area contributed by atoms with Crippen molar-refractivity contribution in [2.45, 2.75) is 19.8 Å². The fourth-order valence-electron chi connectivity index (χ4n) is 2.10. The van der Waals surface area contributed by atoms with E-state index in [0.717, 1.165) is 5.57 Å². The Morgan fingerprint density at radius 1 is 1.31 bits per heavy atom. The zero-order valence-corrected chi connectivity index (χ0v) is 7.62. The Hall–Kier alpha value is -1.18. The van der Waals surface area contributed by atoms with Crippen molar-refractivity contribution >= 4 is 11.6 Å². The van der Waals surface area contributed by atoms with Gasteiger partial charge in [-0.05, 0) is 5.92 Å². The van der Waals surface area contributed by atoms with E-state index in [2.05, 4.69) is 0 Å². The van der Waals surface area contributed by atoms with Crippen molar-refractivity contribution in [1.29, 1.82) is 0 Å². The zero-order chi connectivity index (χ0) is 9.42. The molecule has 0 amide bonds. The van der Waals surface area contributed by atoms with Crippen LogP contribution in [0.15, 0.2) is 23.8 Å². The Bertz CT molecular complexity index is 323. The van der Waals surface area contributed by atoms with E-state index in [-0.39, 0.29) is 23.4 Å². The number of rotatable bonds is 0. The second-order valence-electron chi connectivity index (χ2n) is 3.73. The van der Waals surface area contributed by atoms with Crippen LogP contribution < -0.4 is 0 Å². The molecule has 13 heavy (non-hydrogen) atoms. The number of carbonyl (C=O) groups excluding carboxylic acids is 2. The summed E-state index contributed by atoms with van der Waals surface area (Å²) in [5.74, 6) is 0.423. The van der Waals surface area contributed by atoms with Crippen LogP contribution >= 0.6 is 0 Å². The van der Waals surface area contributed by atoms with Crippen molar-refractivity contribution in [3.8, 4) is 0 Å². The molecule has 0 saturated heterocycles. The van der Waals surface area contributed by atoms with Crippen LogP contribution in [-0.2, 0) is 9.59 Å². The highest BCUT2D eigenvalue weighted by atomic mass is 16.1. The Labute approximate surface area is 77.3 Å². The van der Waals surface area contributed by atoms with E-state index in [0.29, 0.717) is 12.8 Å². The topological polar surface area (TPSA) is 34.1 Å². The average molecular weight is 176 g/mol. The Morgan fingerprint density at radius 3 is 2.77 bits per heavy atom. The Kier molecular flexibility index (Phi) is 1.91. The van der Waals surface area contributed by atoms with Gasteiger partial charge in [0, 0.05) is 18.4 Å². The molecule has 0 aromatic rings. The van der Waals surface area contributed by atoms with Crippen molar-refractivity contribution in [1.82, 2.24) is 0 Å². The number of allylic oxidation sites excluding steroid dienone is 4. The van der Waals surface area contributed by atoms with Gasteiger partial charge in [0.2, 0.25) is 0 Å². The summed E-state index contributed by atoms with van der Waals surface area (Å²) < 4.78 is 0. The zero-order valence-electron chi connectivity index (χ0n) is 7.62. The van der Waals surface area contributed by atoms with Crippen molar-refractivity contribution < 1.29 is 9.59 Å². The van der Waals surface area contributed by atoms with Gasteiger partial charge in [0.1, 0.15) is 5.78 Å². The SMILES string of the molecule is CC1C=CC=C2C(=O)CCC(=O)C21. The molecule has 0 heterocycles.